The first-order valence-electron chi connectivity index (χ1n) is 11.4. The topological polar surface area (TPSA) is 115 Å². The van der Waals surface area contributed by atoms with Crippen LogP contribution in [0.25, 0.3) is 0 Å². The highest BCUT2D eigenvalue weighted by atomic mass is 16.7. The summed E-state index contributed by atoms with van der Waals surface area (Å²) in [6, 6.07) is -0.653. The first-order valence-corrected chi connectivity index (χ1v) is 11.4. The molecule has 2 amide bonds. The van der Waals surface area contributed by atoms with Crippen LogP contribution in [0.2, 0.25) is 0 Å². The van der Waals surface area contributed by atoms with E-state index in [1.54, 1.807) is 45.0 Å². The smallest absolute Gasteiger partial charge is 0.444 e. The van der Waals surface area contributed by atoms with Gasteiger partial charge in [0.2, 0.25) is 11.9 Å². The van der Waals surface area contributed by atoms with Crippen molar-refractivity contribution >= 4 is 30.5 Å². The number of aromatic nitrogens is 2. The van der Waals surface area contributed by atoms with Crippen molar-refractivity contribution in [1.29, 1.82) is 0 Å². The van der Waals surface area contributed by atoms with Crippen LogP contribution in [0.15, 0.2) is 12.4 Å². The number of carbonyl (C=O) groups excluding carboxylic acids is 2. The predicted octanol–water partition coefficient (Wildman–Crippen LogP) is 1.70. The molecule has 2 aliphatic heterocycles. The Morgan fingerprint density at radius 3 is 2.30 bits per heavy atom. The van der Waals surface area contributed by atoms with E-state index in [4.69, 9.17) is 14.0 Å². The molecule has 0 spiro atoms. The third-order valence-electron chi connectivity index (χ3n) is 6.13. The van der Waals surface area contributed by atoms with Crippen LogP contribution < -0.4 is 16.1 Å². The summed E-state index contributed by atoms with van der Waals surface area (Å²) in [6.07, 6.45) is 3.55. The maximum absolute atomic E-state index is 12.7. The Labute approximate surface area is 196 Å². The molecule has 3 heterocycles. The highest BCUT2D eigenvalue weighted by Gasteiger charge is 2.52. The maximum Gasteiger partial charge on any atom is 0.498 e. The van der Waals surface area contributed by atoms with E-state index in [-0.39, 0.29) is 11.9 Å². The Morgan fingerprint density at radius 1 is 1.18 bits per heavy atom. The van der Waals surface area contributed by atoms with Crippen LogP contribution in [0.1, 0.15) is 61.8 Å². The minimum absolute atomic E-state index is 0.0189. The molecule has 33 heavy (non-hydrogen) atoms. The molecule has 0 aliphatic carbocycles. The lowest BCUT2D eigenvalue weighted by Gasteiger charge is -2.32. The molecule has 182 valence electrons. The van der Waals surface area contributed by atoms with Gasteiger partial charge in [-0.1, -0.05) is 0 Å². The summed E-state index contributed by atoms with van der Waals surface area (Å²) in [5.41, 5.74) is -0.717. The Hall–Kier alpha value is -2.40. The van der Waals surface area contributed by atoms with Crippen molar-refractivity contribution in [2.75, 3.05) is 18.4 Å². The fraction of sp³-hybridized carbons (Fsp3) is 0.727. The number of hydrogen-bond acceptors (Lipinski definition) is 8. The zero-order valence-electron chi connectivity index (χ0n) is 20.9. The fourth-order valence-corrected chi connectivity index (χ4v) is 3.59. The van der Waals surface area contributed by atoms with Gasteiger partial charge in [-0.2, -0.15) is 0 Å². The van der Waals surface area contributed by atoms with Crippen LogP contribution in [-0.4, -0.2) is 76.0 Å². The van der Waals surface area contributed by atoms with E-state index >= 15 is 0 Å². The molecule has 1 aromatic heterocycles. The molecular weight excluding hydrogens is 425 g/mol. The van der Waals surface area contributed by atoms with E-state index in [9.17, 15) is 9.59 Å². The third-order valence-corrected chi connectivity index (χ3v) is 6.13. The quantitative estimate of drug-likeness (QED) is 0.637. The molecule has 2 fully saturated rings. The van der Waals surface area contributed by atoms with E-state index in [1.165, 1.54) is 0 Å². The molecule has 10 nitrogen and oxygen atoms in total. The largest absolute Gasteiger partial charge is 0.498 e. The Kier molecular flexibility index (Phi) is 6.96. The summed E-state index contributed by atoms with van der Waals surface area (Å²) in [6.45, 7) is 16.1. The van der Waals surface area contributed by atoms with Gasteiger partial charge in [-0.15, -0.1) is 0 Å². The molecule has 2 atom stereocenters. The first kappa shape index (κ1) is 25.2. The summed E-state index contributed by atoms with van der Waals surface area (Å²) in [4.78, 5) is 35.2. The Morgan fingerprint density at radius 2 is 1.76 bits per heavy atom. The van der Waals surface area contributed by atoms with Crippen molar-refractivity contribution in [3.63, 3.8) is 0 Å². The summed E-state index contributed by atoms with van der Waals surface area (Å²) >= 11 is 0. The van der Waals surface area contributed by atoms with Crippen LogP contribution in [0.4, 0.5) is 10.7 Å². The van der Waals surface area contributed by atoms with E-state index in [2.05, 4.69) is 20.6 Å². The second-order valence-electron chi connectivity index (χ2n) is 10.7. The number of likely N-dealkylation sites (tertiary alicyclic amines) is 1. The zero-order chi connectivity index (χ0) is 24.6. The predicted molar refractivity (Wildman–Crippen MR) is 125 cm³/mol. The van der Waals surface area contributed by atoms with Gasteiger partial charge in [0, 0.05) is 37.0 Å². The van der Waals surface area contributed by atoms with Crippen molar-refractivity contribution in [3.8, 4) is 0 Å². The Balaban J connectivity index is 1.50. The van der Waals surface area contributed by atoms with Crippen LogP contribution in [0.5, 0.6) is 0 Å². The number of carbonyl (C=O) groups is 2. The van der Waals surface area contributed by atoms with Crippen LogP contribution in [0, 0.1) is 0 Å². The van der Waals surface area contributed by atoms with Gasteiger partial charge >= 0.3 is 13.2 Å². The van der Waals surface area contributed by atoms with E-state index in [0.717, 1.165) is 11.9 Å². The van der Waals surface area contributed by atoms with Gasteiger partial charge in [-0.25, -0.2) is 14.8 Å². The molecule has 0 bridgehead atoms. The number of ether oxygens (including phenoxy) is 1. The molecule has 1 aromatic rings. The number of hydrogen-bond donors (Lipinski definition) is 2. The SMILES string of the molecule is CC(NC(=O)OC(C)(C)C)C(=O)N1CCC(Nc2ncc(B3OC(C)(C)C(C)(C)O3)cn2)C1. The van der Waals surface area contributed by atoms with Gasteiger partial charge in [0.15, 0.2) is 0 Å². The second-order valence-corrected chi connectivity index (χ2v) is 10.7. The lowest BCUT2D eigenvalue weighted by atomic mass is 9.81. The zero-order valence-corrected chi connectivity index (χ0v) is 20.9. The van der Waals surface area contributed by atoms with E-state index < -0.39 is 36.1 Å². The summed E-state index contributed by atoms with van der Waals surface area (Å²) in [5, 5.41) is 5.88. The monoisotopic (exact) mass is 461 g/mol. The van der Waals surface area contributed by atoms with Gasteiger partial charge in [0.05, 0.1) is 11.2 Å². The summed E-state index contributed by atoms with van der Waals surface area (Å²) < 4.78 is 17.3. The number of amides is 2. The third kappa shape index (κ3) is 6.14. The minimum atomic E-state index is -0.672. The molecule has 2 N–H and O–H groups in total. The number of nitrogens with one attached hydrogen (secondary N) is 2. The highest BCUT2D eigenvalue weighted by Crippen LogP contribution is 2.36. The van der Waals surface area contributed by atoms with Gasteiger partial charge in [0.1, 0.15) is 11.6 Å². The van der Waals surface area contributed by atoms with Gasteiger partial charge in [0.25, 0.3) is 0 Å². The average molecular weight is 461 g/mol. The molecule has 3 rings (SSSR count). The molecule has 2 aliphatic rings. The molecule has 0 aromatic carbocycles. The molecule has 0 saturated carbocycles. The molecule has 2 unspecified atom stereocenters. The first-order chi connectivity index (χ1) is 15.2. The number of alkyl carbamates (subject to hydrolysis) is 1. The lowest BCUT2D eigenvalue weighted by Crippen LogP contribution is -2.47. The van der Waals surface area contributed by atoms with Crippen LogP contribution >= 0.6 is 0 Å². The van der Waals surface area contributed by atoms with Gasteiger partial charge < -0.3 is 29.6 Å². The lowest BCUT2D eigenvalue weighted by molar-refractivity contribution is -0.132. The average Bonchev–Trinajstić information content (AvgIpc) is 3.21. The molecule has 2 saturated heterocycles. The van der Waals surface area contributed by atoms with E-state index in [1.807, 2.05) is 27.7 Å². The maximum atomic E-state index is 12.7. The summed E-state index contributed by atoms with van der Waals surface area (Å²) in [5.74, 6) is 0.330. The van der Waals surface area contributed by atoms with Crippen molar-refractivity contribution in [1.82, 2.24) is 20.2 Å². The standard InChI is InChI=1S/C22H36BN5O5/c1-14(26-19(30)31-20(2,3)4)17(29)28-10-9-16(13-28)27-18-24-11-15(12-25-18)23-32-21(5,6)22(7,8)33-23/h11-12,14,16H,9-10,13H2,1-8H3,(H,26,30)(H,24,25,27). The number of anilines is 1. The normalized spacial score (nSPS) is 22.7. The van der Waals surface area contributed by atoms with Gasteiger partial charge in [-0.05, 0) is 61.8 Å². The Bertz CT molecular complexity index is 855. The molecule has 11 heteroatoms. The molecule has 0 radical (unpaired) electrons. The highest BCUT2D eigenvalue weighted by molar-refractivity contribution is 6.61. The van der Waals surface area contributed by atoms with Crippen molar-refractivity contribution in [2.24, 2.45) is 0 Å². The summed E-state index contributed by atoms with van der Waals surface area (Å²) in [7, 11) is -0.511. The van der Waals surface area contributed by atoms with Crippen molar-refractivity contribution < 1.29 is 23.6 Å². The van der Waals surface area contributed by atoms with Gasteiger partial charge in [-0.3, -0.25) is 4.79 Å². The van der Waals surface area contributed by atoms with Crippen LogP contribution in [-0.2, 0) is 18.8 Å². The molecular formula is C22H36BN5O5. The number of rotatable bonds is 5. The fourth-order valence-electron chi connectivity index (χ4n) is 3.59. The second kappa shape index (κ2) is 9.10. The van der Waals surface area contributed by atoms with Crippen LogP contribution in [0.3, 0.4) is 0 Å². The van der Waals surface area contributed by atoms with Crippen molar-refractivity contribution in [3.05, 3.63) is 12.4 Å². The number of nitrogens with zero attached hydrogens (tertiary/aromatic N) is 3. The van der Waals surface area contributed by atoms with E-state index in [0.29, 0.717) is 19.0 Å². The minimum Gasteiger partial charge on any atom is -0.444 e. The van der Waals surface area contributed by atoms with Crippen molar-refractivity contribution in [2.45, 2.75) is 90.7 Å².